The van der Waals surface area contributed by atoms with E-state index in [1.165, 1.54) is 6.07 Å². The highest BCUT2D eigenvalue weighted by Crippen LogP contribution is 2.17. The number of carbonyl (C=O) groups excluding carboxylic acids is 1. The summed E-state index contributed by atoms with van der Waals surface area (Å²) in [6, 6.07) is 1.54. The van der Waals surface area contributed by atoms with Crippen molar-refractivity contribution >= 4 is 23.5 Å². The molecule has 0 spiro atoms. The van der Waals surface area contributed by atoms with Crippen molar-refractivity contribution in [3.05, 3.63) is 28.5 Å². The Bertz CT molecular complexity index is 491. The lowest BCUT2D eigenvalue weighted by molar-refractivity contribution is -0.140. The minimum atomic E-state index is -1.35. The van der Waals surface area contributed by atoms with Gasteiger partial charge in [0, 0.05) is 11.3 Å². The summed E-state index contributed by atoms with van der Waals surface area (Å²) >= 11 is 5.81. The van der Waals surface area contributed by atoms with Gasteiger partial charge in [0.15, 0.2) is 6.04 Å². The number of aliphatic hydroxyl groups is 1. The SMILES string of the molecule is CC(C)c1cc(C(=O)N[C@H](CO)C(=O)O)cc(Cl)n1. The molecule has 1 aromatic rings. The van der Waals surface area contributed by atoms with Crippen molar-refractivity contribution in [3.8, 4) is 0 Å². The van der Waals surface area contributed by atoms with Crippen LogP contribution in [0.5, 0.6) is 0 Å². The van der Waals surface area contributed by atoms with Gasteiger partial charge in [-0.3, -0.25) is 4.79 Å². The van der Waals surface area contributed by atoms with Crippen molar-refractivity contribution in [2.45, 2.75) is 25.8 Å². The number of hydrogen-bond acceptors (Lipinski definition) is 4. The van der Waals surface area contributed by atoms with Gasteiger partial charge in [0.2, 0.25) is 0 Å². The van der Waals surface area contributed by atoms with Crippen LogP contribution in [0.25, 0.3) is 0 Å². The van der Waals surface area contributed by atoms with Crippen LogP contribution in [0.2, 0.25) is 5.15 Å². The van der Waals surface area contributed by atoms with E-state index in [1.807, 2.05) is 13.8 Å². The summed E-state index contributed by atoms with van der Waals surface area (Å²) in [6.07, 6.45) is 0. The quantitative estimate of drug-likeness (QED) is 0.702. The van der Waals surface area contributed by atoms with Crippen molar-refractivity contribution < 1.29 is 19.8 Å². The number of amides is 1. The molecule has 19 heavy (non-hydrogen) atoms. The molecule has 0 saturated heterocycles. The Morgan fingerprint density at radius 2 is 2.05 bits per heavy atom. The maximum absolute atomic E-state index is 11.9. The normalized spacial score (nSPS) is 12.3. The molecule has 104 valence electrons. The van der Waals surface area contributed by atoms with Gasteiger partial charge in [0.1, 0.15) is 5.15 Å². The summed E-state index contributed by atoms with van der Waals surface area (Å²) in [6.45, 7) is 3.11. The molecule has 1 atom stereocenters. The van der Waals surface area contributed by atoms with Gasteiger partial charge in [-0.25, -0.2) is 9.78 Å². The molecule has 0 aromatic carbocycles. The molecule has 1 amide bonds. The molecule has 1 aromatic heterocycles. The Morgan fingerprint density at radius 1 is 1.42 bits per heavy atom. The van der Waals surface area contributed by atoms with Crippen LogP contribution in [-0.4, -0.2) is 39.7 Å². The van der Waals surface area contributed by atoms with Crippen molar-refractivity contribution in [3.63, 3.8) is 0 Å². The largest absolute Gasteiger partial charge is 0.480 e. The third-order valence-corrected chi connectivity index (χ3v) is 2.65. The predicted molar refractivity (Wildman–Crippen MR) is 69.3 cm³/mol. The molecule has 0 aliphatic heterocycles. The van der Waals surface area contributed by atoms with Gasteiger partial charge in [0.25, 0.3) is 5.91 Å². The van der Waals surface area contributed by atoms with Crippen molar-refractivity contribution in [1.82, 2.24) is 10.3 Å². The van der Waals surface area contributed by atoms with Crippen molar-refractivity contribution in [2.24, 2.45) is 0 Å². The number of nitrogens with zero attached hydrogens (tertiary/aromatic N) is 1. The standard InChI is InChI=1S/C12H15ClN2O4/c1-6(2)8-3-7(4-10(13)14-8)11(17)15-9(5-16)12(18)19/h3-4,6,9,16H,5H2,1-2H3,(H,15,17)(H,18,19)/t9-/m1/s1. The summed E-state index contributed by atoms with van der Waals surface area (Å²) in [4.78, 5) is 26.7. The van der Waals surface area contributed by atoms with Crippen LogP contribution in [0.4, 0.5) is 0 Å². The highest BCUT2D eigenvalue weighted by Gasteiger charge is 2.20. The Labute approximate surface area is 115 Å². The van der Waals surface area contributed by atoms with Gasteiger partial charge >= 0.3 is 5.97 Å². The van der Waals surface area contributed by atoms with Crippen LogP contribution in [0.15, 0.2) is 12.1 Å². The molecule has 6 nitrogen and oxygen atoms in total. The van der Waals surface area contributed by atoms with Crippen LogP contribution in [0.3, 0.4) is 0 Å². The smallest absolute Gasteiger partial charge is 0.328 e. The maximum Gasteiger partial charge on any atom is 0.328 e. The zero-order chi connectivity index (χ0) is 14.6. The fourth-order valence-electron chi connectivity index (χ4n) is 1.37. The average molecular weight is 287 g/mol. The Kier molecular flexibility index (Phi) is 5.26. The Hall–Kier alpha value is -1.66. The number of aliphatic hydroxyl groups excluding tert-OH is 1. The van der Waals surface area contributed by atoms with E-state index in [1.54, 1.807) is 6.07 Å². The average Bonchev–Trinajstić information content (AvgIpc) is 2.34. The molecule has 0 aliphatic carbocycles. The van der Waals surface area contributed by atoms with E-state index in [-0.39, 0.29) is 16.6 Å². The van der Waals surface area contributed by atoms with Crippen molar-refractivity contribution in [1.29, 1.82) is 0 Å². The first-order valence-corrected chi connectivity index (χ1v) is 6.05. The molecule has 0 bridgehead atoms. The van der Waals surface area contributed by atoms with Crippen LogP contribution in [0.1, 0.15) is 35.8 Å². The van der Waals surface area contributed by atoms with Gasteiger partial charge in [-0.1, -0.05) is 25.4 Å². The number of rotatable bonds is 5. The third kappa shape index (κ3) is 4.18. The molecular weight excluding hydrogens is 272 g/mol. The molecule has 7 heteroatoms. The van der Waals surface area contributed by atoms with E-state index < -0.39 is 24.5 Å². The van der Waals surface area contributed by atoms with E-state index in [2.05, 4.69) is 10.3 Å². The molecule has 0 fully saturated rings. The number of aliphatic carboxylic acids is 1. The first-order valence-electron chi connectivity index (χ1n) is 5.67. The van der Waals surface area contributed by atoms with Gasteiger partial charge < -0.3 is 15.5 Å². The molecule has 1 rings (SSSR count). The Balaban J connectivity index is 2.96. The summed E-state index contributed by atoms with van der Waals surface area (Å²) in [7, 11) is 0. The van der Waals surface area contributed by atoms with Gasteiger partial charge in [0.05, 0.1) is 6.61 Å². The monoisotopic (exact) mass is 286 g/mol. The Morgan fingerprint density at radius 3 is 2.53 bits per heavy atom. The fraction of sp³-hybridized carbons (Fsp3) is 0.417. The minimum absolute atomic E-state index is 0.0818. The van der Waals surface area contributed by atoms with Gasteiger partial charge in [-0.05, 0) is 18.1 Å². The van der Waals surface area contributed by atoms with Crippen LogP contribution < -0.4 is 5.32 Å². The minimum Gasteiger partial charge on any atom is -0.480 e. The van der Waals surface area contributed by atoms with Crippen LogP contribution in [0, 0.1) is 0 Å². The lowest BCUT2D eigenvalue weighted by Gasteiger charge is -2.13. The summed E-state index contributed by atoms with van der Waals surface area (Å²) < 4.78 is 0. The number of aromatic nitrogens is 1. The maximum atomic E-state index is 11.9. The molecule has 1 heterocycles. The highest BCUT2D eigenvalue weighted by molar-refractivity contribution is 6.29. The first-order chi connectivity index (χ1) is 8.85. The van der Waals surface area contributed by atoms with Crippen LogP contribution >= 0.6 is 11.6 Å². The van der Waals surface area contributed by atoms with E-state index in [4.69, 9.17) is 21.8 Å². The van der Waals surface area contributed by atoms with Gasteiger partial charge in [-0.2, -0.15) is 0 Å². The van der Waals surface area contributed by atoms with Gasteiger partial charge in [-0.15, -0.1) is 0 Å². The predicted octanol–water partition coefficient (Wildman–Crippen LogP) is 1.03. The second-order valence-electron chi connectivity index (χ2n) is 4.30. The zero-order valence-corrected chi connectivity index (χ0v) is 11.3. The molecular formula is C12H15ClN2O4. The second-order valence-corrected chi connectivity index (χ2v) is 4.69. The second kappa shape index (κ2) is 6.49. The van der Waals surface area contributed by atoms with Crippen molar-refractivity contribution in [2.75, 3.05) is 6.61 Å². The first kappa shape index (κ1) is 15.4. The number of carboxylic acids is 1. The number of hydrogen-bond donors (Lipinski definition) is 3. The summed E-state index contributed by atoms with van der Waals surface area (Å²) in [5, 5.41) is 20.0. The number of carboxylic acid groups (broad SMARTS) is 1. The topological polar surface area (TPSA) is 99.5 Å². The molecule has 0 radical (unpaired) electrons. The number of halogens is 1. The van der Waals surface area contributed by atoms with E-state index in [0.29, 0.717) is 5.69 Å². The molecule has 0 saturated carbocycles. The van der Waals surface area contributed by atoms with Crippen LogP contribution in [-0.2, 0) is 4.79 Å². The summed E-state index contributed by atoms with van der Waals surface area (Å²) in [5.41, 5.74) is 0.844. The molecule has 0 unspecified atom stereocenters. The molecule has 0 aliphatic rings. The fourth-order valence-corrected chi connectivity index (χ4v) is 1.59. The van der Waals surface area contributed by atoms with E-state index in [0.717, 1.165) is 0 Å². The van der Waals surface area contributed by atoms with E-state index in [9.17, 15) is 9.59 Å². The lowest BCUT2D eigenvalue weighted by atomic mass is 10.1. The summed E-state index contributed by atoms with van der Waals surface area (Å²) in [5.74, 6) is -1.84. The zero-order valence-electron chi connectivity index (χ0n) is 10.6. The molecule has 3 N–H and O–H groups in total. The number of carbonyl (C=O) groups is 2. The highest BCUT2D eigenvalue weighted by atomic mass is 35.5. The third-order valence-electron chi connectivity index (χ3n) is 2.45. The number of pyridine rings is 1. The van der Waals surface area contributed by atoms with E-state index >= 15 is 0 Å². The lowest BCUT2D eigenvalue weighted by Crippen LogP contribution is -2.43. The number of nitrogens with one attached hydrogen (secondary N) is 1.